The van der Waals surface area contributed by atoms with E-state index in [4.69, 9.17) is 5.11 Å². The molecule has 3 rings (SSSR count). The third kappa shape index (κ3) is 0.948. The van der Waals surface area contributed by atoms with E-state index in [2.05, 4.69) is 12.2 Å². The minimum absolute atomic E-state index is 0. The summed E-state index contributed by atoms with van der Waals surface area (Å²) in [6.07, 6.45) is 1.63. The monoisotopic (exact) mass is 177 g/mol. The normalized spacial score (nSPS) is 45.9. The van der Waals surface area contributed by atoms with E-state index in [-0.39, 0.29) is 12.4 Å². The van der Waals surface area contributed by atoms with E-state index in [0.717, 1.165) is 19.4 Å². The second-order valence-corrected chi connectivity index (χ2v) is 3.91. The SMILES string of the molecule is CC12CNC(C(=O)O)(C1)C2.Cl. The van der Waals surface area contributed by atoms with Crippen LogP contribution in [0, 0.1) is 5.41 Å². The molecular weight excluding hydrogens is 166 g/mol. The average molecular weight is 178 g/mol. The Kier molecular flexibility index (Phi) is 1.69. The number of halogens is 1. The van der Waals surface area contributed by atoms with Gasteiger partial charge in [0.05, 0.1) is 0 Å². The van der Waals surface area contributed by atoms with Crippen LogP contribution < -0.4 is 5.32 Å². The van der Waals surface area contributed by atoms with Gasteiger partial charge in [-0.3, -0.25) is 4.79 Å². The molecule has 0 atom stereocenters. The number of hydrogen-bond acceptors (Lipinski definition) is 2. The molecule has 2 N–H and O–H groups in total. The number of fused-ring (bicyclic) bond motifs is 1. The summed E-state index contributed by atoms with van der Waals surface area (Å²) < 4.78 is 0. The first-order valence-corrected chi connectivity index (χ1v) is 3.55. The van der Waals surface area contributed by atoms with Crippen LogP contribution in [0.3, 0.4) is 0 Å². The van der Waals surface area contributed by atoms with Crippen LogP contribution in [0.25, 0.3) is 0 Å². The molecule has 1 saturated carbocycles. The zero-order valence-corrected chi connectivity index (χ0v) is 7.20. The van der Waals surface area contributed by atoms with Gasteiger partial charge in [-0.15, -0.1) is 12.4 Å². The molecule has 3 fully saturated rings. The number of carbonyl (C=O) groups is 1. The van der Waals surface area contributed by atoms with E-state index in [1.165, 1.54) is 0 Å². The second kappa shape index (κ2) is 2.11. The van der Waals surface area contributed by atoms with Crippen LogP contribution in [0.4, 0.5) is 0 Å². The molecule has 2 aliphatic heterocycles. The Bertz CT molecular complexity index is 199. The Morgan fingerprint density at radius 2 is 2.09 bits per heavy atom. The van der Waals surface area contributed by atoms with Gasteiger partial charge in [-0.2, -0.15) is 0 Å². The van der Waals surface area contributed by atoms with Gasteiger partial charge in [0.15, 0.2) is 0 Å². The maximum absolute atomic E-state index is 10.6. The highest BCUT2D eigenvalue weighted by molar-refractivity contribution is 5.85. The van der Waals surface area contributed by atoms with Gasteiger partial charge >= 0.3 is 5.97 Å². The number of aliphatic carboxylic acids is 1. The first kappa shape index (κ1) is 8.81. The van der Waals surface area contributed by atoms with Gasteiger partial charge in [0.2, 0.25) is 0 Å². The lowest BCUT2D eigenvalue weighted by molar-refractivity contribution is -0.148. The predicted molar refractivity (Wildman–Crippen MR) is 43.0 cm³/mol. The van der Waals surface area contributed by atoms with Crippen molar-refractivity contribution >= 4 is 18.4 Å². The Balaban J connectivity index is 0.000000605. The summed E-state index contributed by atoms with van der Waals surface area (Å²) in [6.45, 7) is 3.01. The molecule has 11 heavy (non-hydrogen) atoms. The molecule has 0 radical (unpaired) electrons. The fraction of sp³-hybridized carbons (Fsp3) is 0.857. The molecule has 3 nitrogen and oxygen atoms in total. The Morgan fingerprint density at radius 1 is 1.55 bits per heavy atom. The molecule has 0 amide bonds. The lowest BCUT2D eigenvalue weighted by Gasteiger charge is -2.40. The fourth-order valence-corrected chi connectivity index (χ4v) is 2.26. The van der Waals surface area contributed by atoms with Crippen molar-refractivity contribution in [1.29, 1.82) is 0 Å². The van der Waals surface area contributed by atoms with Crippen molar-refractivity contribution in [2.45, 2.75) is 25.3 Å². The van der Waals surface area contributed by atoms with Crippen LogP contribution in [-0.2, 0) is 4.79 Å². The minimum Gasteiger partial charge on any atom is -0.480 e. The van der Waals surface area contributed by atoms with Gasteiger partial charge in [-0.1, -0.05) is 6.92 Å². The molecule has 0 aromatic rings. The van der Waals surface area contributed by atoms with Gasteiger partial charge in [0.25, 0.3) is 0 Å². The molecule has 2 saturated heterocycles. The van der Waals surface area contributed by atoms with Gasteiger partial charge in [-0.25, -0.2) is 0 Å². The number of carboxylic acids is 1. The van der Waals surface area contributed by atoms with Gasteiger partial charge in [0.1, 0.15) is 5.54 Å². The van der Waals surface area contributed by atoms with Gasteiger partial charge in [0, 0.05) is 6.54 Å². The molecule has 0 spiro atoms. The van der Waals surface area contributed by atoms with Crippen LogP contribution in [0.2, 0.25) is 0 Å². The Morgan fingerprint density at radius 3 is 2.27 bits per heavy atom. The van der Waals surface area contributed by atoms with Crippen molar-refractivity contribution in [3.63, 3.8) is 0 Å². The average Bonchev–Trinajstić information content (AvgIpc) is 2.19. The topological polar surface area (TPSA) is 49.3 Å². The maximum Gasteiger partial charge on any atom is 0.323 e. The van der Waals surface area contributed by atoms with Crippen molar-refractivity contribution in [2.75, 3.05) is 6.54 Å². The van der Waals surface area contributed by atoms with Crippen LogP contribution in [-0.4, -0.2) is 23.2 Å². The van der Waals surface area contributed by atoms with Crippen LogP contribution in [0.5, 0.6) is 0 Å². The van der Waals surface area contributed by atoms with Crippen molar-refractivity contribution in [3.05, 3.63) is 0 Å². The number of rotatable bonds is 1. The highest BCUT2D eigenvalue weighted by Crippen LogP contribution is 2.53. The van der Waals surface area contributed by atoms with Gasteiger partial charge in [-0.05, 0) is 18.3 Å². The van der Waals surface area contributed by atoms with E-state index in [1.807, 2.05) is 0 Å². The van der Waals surface area contributed by atoms with Crippen LogP contribution in [0.15, 0.2) is 0 Å². The highest BCUT2D eigenvalue weighted by atomic mass is 35.5. The lowest BCUT2D eigenvalue weighted by atomic mass is 9.63. The van der Waals surface area contributed by atoms with E-state index in [0.29, 0.717) is 5.41 Å². The van der Waals surface area contributed by atoms with E-state index in [9.17, 15) is 4.79 Å². The summed E-state index contributed by atoms with van der Waals surface area (Å²) in [6, 6.07) is 0. The smallest absolute Gasteiger partial charge is 0.323 e. The molecule has 2 bridgehead atoms. The highest BCUT2D eigenvalue weighted by Gasteiger charge is 2.62. The molecule has 0 aromatic heterocycles. The Hall–Kier alpha value is -0.280. The van der Waals surface area contributed by atoms with Crippen molar-refractivity contribution < 1.29 is 9.90 Å². The third-order valence-corrected chi connectivity index (χ3v) is 2.72. The number of carboxylic acid groups (broad SMARTS) is 1. The fourth-order valence-electron chi connectivity index (χ4n) is 2.26. The van der Waals surface area contributed by atoms with Crippen molar-refractivity contribution in [2.24, 2.45) is 5.41 Å². The molecule has 3 aliphatic rings. The molecule has 4 heteroatoms. The predicted octanol–water partition coefficient (Wildman–Crippen LogP) is 0.635. The minimum atomic E-state index is -0.678. The summed E-state index contributed by atoms with van der Waals surface area (Å²) in [5.74, 6) is -0.678. The Labute approximate surface area is 71.6 Å². The van der Waals surface area contributed by atoms with Crippen molar-refractivity contribution in [3.8, 4) is 0 Å². The van der Waals surface area contributed by atoms with Crippen LogP contribution >= 0.6 is 12.4 Å². The zero-order valence-electron chi connectivity index (χ0n) is 6.39. The summed E-state index contributed by atoms with van der Waals surface area (Å²) in [4.78, 5) is 10.6. The first-order valence-electron chi connectivity index (χ1n) is 3.55. The number of hydrogen-bond donors (Lipinski definition) is 2. The van der Waals surface area contributed by atoms with E-state index < -0.39 is 11.5 Å². The zero-order chi connectivity index (χ0) is 7.41. The van der Waals surface area contributed by atoms with E-state index >= 15 is 0 Å². The third-order valence-electron chi connectivity index (χ3n) is 2.72. The maximum atomic E-state index is 10.6. The molecule has 0 aromatic carbocycles. The lowest BCUT2D eigenvalue weighted by Crippen LogP contribution is -2.53. The molecule has 2 heterocycles. The van der Waals surface area contributed by atoms with Crippen molar-refractivity contribution in [1.82, 2.24) is 5.32 Å². The molecule has 0 unspecified atom stereocenters. The summed E-state index contributed by atoms with van der Waals surface area (Å²) >= 11 is 0. The molecule has 1 aliphatic carbocycles. The second-order valence-electron chi connectivity index (χ2n) is 3.91. The number of nitrogens with one attached hydrogen (secondary N) is 1. The van der Waals surface area contributed by atoms with Crippen LogP contribution in [0.1, 0.15) is 19.8 Å². The standard InChI is InChI=1S/C7H11NO2.ClH/c1-6-2-7(3-6,5(9)10)8-4-6;/h8H,2-4H2,1H3,(H,9,10);1H. The summed E-state index contributed by atoms with van der Waals surface area (Å²) in [5.41, 5.74) is -0.243. The summed E-state index contributed by atoms with van der Waals surface area (Å²) in [7, 11) is 0. The van der Waals surface area contributed by atoms with Gasteiger partial charge < -0.3 is 10.4 Å². The summed E-state index contributed by atoms with van der Waals surface area (Å²) in [5, 5.41) is 11.8. The molecular formula is C7H12ClNO2. The first-order chi connectivity index (χ1) is 4.56. The largest absolute Gasteiger partial charge is 0.480 e. The molecule has 64 valence electrons. The quantitative estimate of drug-likeness (QED) is 0.618. The van der Waals surface area contributed by atoms with E-state index in [1.54, 1.807) is 0 Å².